The molecule has 0 aromatic heterocycles. The number of morpholine rings is 1. The molecule has 1 aliphatic heterocycles. The number of amides is 1. The van der Waals surface area contributed by atoms with Crippen LogP contribution in [0, 0.1) is 0 Å². The van der Waals surface area contributed by atoms with Crippen LogP contribution in [0.5, 0.6) is 0 Å². The summed E-state index contributed by atoms with van der Waals surface area (Å²) in [5.74, 6) is -0.284. The number of hydrogen-bond donors (Lipinski definition) is 1. The van der Waals surface area contributed by atoms with Gasteiger partial charge in [0.2, 0.25) is 15.9 Å². The van der Waals surface area contributed by atoms with Crippen molar-refractivity contribution in [3.05, 3.63) is 0 Å². The third-order valence-electron chi connectivity index (χ3n) is 2.98. The van der Waals surface area contributed by atoms with Crippen LogP contribution in [0.2, 0.25) is 0 Å². The summed E-state index contributed by atoms with van der Waals surface area (Å²) in [5.41, 5.74) is 0. The van der Waals surface area contributed by atoms with Crippen LogP contribution < -0.4 is 5.32 Å². The molecule has 1 atom stereocenters. The standard InChI is InChI=1S/C11H23N3O4S/c1-10(8-14-4-6-18-7-5-14)12-11(15)9-13(2)19(3,16)17/h10H,4-9H2,1-3H3,(H,12,15). The molecule has 0 bridgehead atoms. The van der Waals surface area contributed by atoms with Crippen molar-refractivity contribution in [3.8, 4) is 0 Å². The Kier molecular flexibility index (Phi) is 6.18. The minimum atomic E-state index is -3.32. The maximum atomic E-state index is 11.7. The summed E-state index contributed by atoms with van der Waals surface area (Å²) in [6.07, 6.45) is 1.08. The first-order chi connectivity index (χ1) is 8.79. The fourth-order valence-electron chi connectivity index (χ4n) is 1.86. The molecule has 1 amide bonds. The fraction of sp³-hybridized carbons (Fsp3) is 0.909. The van der Waals surface area contributed by atoms with Gasteiger partial charge in [-0.05, 0) is 6.92 Å². The van der Waals surface area contributed by atoms with E-state index in [0.717, 1.165) is 43.4 Å². The highest BCUT2D eigenvalue weighted by Gasteiger charge is 2.18. The molecular formula is C11H23N3O4S. The molecule has 19 heavy (non-hydrogen) atoms. The molecule has 0 spiro atoms. The highest BCUT2D eigenvalue weighted by atomic mass is 32.2. The zero-order valence-electron chi connectivity index (χ0n) is 11.8. The van der Waals surface area contributed by atoms with Crippen molar-refractivity contribution in [2.75, 3.05) is 52.7 Å². The number of nitrogens with zero attached hydrogens (tertiary/aromatic N) is 2. The maximum Gasteiger partial charge on any atom is 0.235 e. The van der Waals surface area contributed by atoms with E-state index < -0.39 is 10.0 Å². The van der Waals surface area contributed by atoms with Crippen molar-refractivity contribution in [2.45, 2.75) is 13.0 Å². The first-order valence-corrected chi connectivity index (χ1v) is 8.14. The van der Waals surface area contributed by atoms with E-state index in [4.69, 9.17) is 4.74 Å². The molecule has 1 heterocycles. The summed E-state index contributed by atoms with van der Waals surface area (Å²) in [4.78, 5) is 13.9. The molecule has 1 N–H and O–H groups in total. The average molecular weight is 293 g/mol. The molecule has 1 rings (SSSR count). The van der Waals surface area contributed by atoms with Gasteiger partial charge >= 0.3 is 0 Å². The predicted molar refractivity (Wildman–Crippen MR) is 72.3 cm³/mol. The van der Waals surface area contributed by atoms with Gasteiger partial charge in [-0.25, -0.2) is 8.42 Å². The van der Waals surface area contributed by atoms with Crippen molar-refractivity contribution in [3.63, 3.8) is 0 Å². The zero-order chi connectivity index (χ0) is 14.5. The van der Waals surface area contributed by atoms with E-state index in [1.54, 1.807) is 0 Å². The molecule has 0 aromatic carbocycles. The monoisotopic (exact) mass is 293 g/mol. The second-order valence-corrected chi connectivity index (χ2v) is 6.99. The van der Waals surface area contributed by atoms with E-state index in [9.17, 15) is 13.2 Å². The van der Waals surface area contributed by atoms with Crippen LogP contribution in [0.1, 0.15) is 6.92 Å². The molecule has 112 valence electrons. The lowest BCUT2D eigenvalue weighted by molar-refractivity contribution is -0.121. The summed E-state index contributed by atoms with van der Waals surface area (Å²) in [7, 11) is -1.92. The van der Waals surface area contributed by atoms with Crippen molar-refractivity contribution in [2.24, 2.45) is 0 Å². The van der Waals surface area contributed by atoms with Gasteiger partial charge in [0.25, 0.3) is 0 Å². The number of carbonyl (C=O) groups excluding carboxylic acids is 1. The second kappa shape index (κ2) is 7.18. The lowest BCUT2D eigenvalue weighted by Gasteiger charge is -2.29. The van der Waals surface area contributed by atoms with Crippen LogP contribution in [-0.2, 0) is 19.6 Å². The van der Waals surface area contributed by atoms with Crippen molar-refractivity contribution >= 4 is 15.9 Å². The normalized spacial score (nSPS) is 19.4. The molecule has 1 aliphatic rings. The molecule has 1 fully saturated rings. The topological polar surface area (TPSA) is 79.0 Å². The third kappa shape index (κ3) is 6.33. The Balaban J connectivity index is 2.31. The van der Waals surface area contributed by atoms with Crippen molar-refractivity contribution < 1.29 is 17.9 Å². The molecule has 1 saturated heterocycles. The number of likely N-dealkylation sites (N-methyl/N-ethyl adjacent to an activating group) is 1. The highest BCUT2D eigenvalue weighted by Crippen LogP contribution is 1.99. The van der Waals surface area contributed by atoms with E-state index in [2.05, 4.69) is 10.2 Å². The summed E-state index contributed by atoms with van der Waals surface area (Å²) in [6, 6.07) is -0.0152. The fourth-order valence-corrected chi connectivity index (χ4v) is 2.21. The lowest BCUT2D eigenvalue weighted by atomic mass is 10.3. The molecule has 1 unspecified atom stereocenters. The molecule has 0 radical (unpaired) electrons. The summed E-state index contributed by atoms with van der Waals surface area (Å²) in [6.45, 7) is 5.68. The van der Waals surface area contributed by atoms with Gasteiger partial charge in [0.05, 0.1) is 26.0 Å². The minimum absolute atomic E-state index is 0.0152. The van der Waals surface area contributed by atoms with E-state index in [1.807, 2.05) is 6.92 Å². The van der Waals surface area contributed by atoms with Gasteiger partial charge in [-0.3, -0.25) is 9.69 Å². The molecule has 7 nitrogen and oxygen atoms in total. The smallest absolute Gasteiger partial charge is 0.235 e. The van der Waals surface area contributed by atoms with Gasteiger partial charge in [-0.1, -0.05) is 0 Å². The highest BCUT2D eigenvalue weighted by molar-refractivity contribution is 7.88. The van der Waals surface area contributed by atoms with Crippen LogP contribution in [-0.4, -0.2) is 82.3 Å². The summed E-state index contributed by atoms with van der Waals surface area (Å²) >= 11 is 0. The van der Waals surface area contributed by atoms with Gasteiger partial charge in [0.15, 0.2) is 0 Å². The first kappa shape index (κ1) is 16.4. The largest absolute Gasteiger partial charge is 0.379 e. The SMILES string of the molecule is CC(CN1CCOCC1)NC(=O)CN(C)S(C)(=O)=O. The Morgan fingerprint density at radius 1 is 1.42 bits per heavy atom. The van der Waals surface area contributed by atoms with Gasteiger partial charge in [0, 0.05) is 32.7 Å². The van der Waals surface area contributed by atoms with E-state index >= 15 is 0 Å². The number of carbonyl (C=O) groups is 1. The number of hydrogen-bond acceptors (Lipinski definition) is 5. The van der Waals surface area contributed by atoms with Gasteiger partial charge in [-0.15, -0.1) is 0 Å². The predicted octanol–water partition coefficient (Wildman–Crippen LogP) is -1.29. The van der Waals surface area contributed by atoms with Crippen molar-refractivity contribution in [1.29, 1.82) is 0 Å². The Labute approximate surface area is 114 Å². The van der Waals surface area contributed by atoms with E-state index in [-0.39, 0.29) is 18.5 Å². The van der Waals surface area contributed by atoms with Crippen LogP contribution >= 0.6 is 0 Å². The van der Waals surface area contributed by atoms with Crippen LogP contribution in [0.3, 0.4) is 0 Å². The number of ether oxygens (including phenoxy) is 1. The quantitative estimate of drug-likeness (QED) is 0.659. The minimum Gasteiger partial charge on any atom is -0.379 e. The zero-order valence-corrected chi connectivity index (χ0v) is 12.6. The van der Waals surface area contributed by atoms with Crippen LogP contribution in [0.15, 0.2) is 0 Å². The summed E-state index contributed by atoms with van der Waals surface area (Å²) < 4.78 is 28.7. The third-order valence-corrected chi connectivity index (χ3v) is 4.24. The Bertz CT molecular complexity index is 393. The van der Waals surface area contributed by atoms with Crippen LogP contribution in [0.25, 0.3) is 0 Å². The van der Waals surface area contributed by atoms with Gasteiger partial charge < -0.3 is 10.1 Å². The van der Waals surface area contributed by atoms with Crippen molar-refractivity contribution in [1.82, 2.24) is 14.5 Å². The van der Waals surface area contributed by atoms with Gasteiger partial charge in [-0.2, -0.15) is 4.31 Å². The van der Waals surface area contributed by atoms with Gasteiger partial charge in [0.1, 0.15) is 0 Å². The number of sulfonamides is 1. The number of rotatable bonds is 6. The van der Waals surface area contributed by atoms with Crippen LogP contribution in [0.4, 0.5) is 0 Å². The Morgan fingerprint density at radius 2 is 2.00 bits per heavy atom. The average Bonchev–Trinajstić information content (AvgIpc) is 2.28. The lowest BCUT2D eigenvalue weighted by Crippen LogP contribution is -2.48. The Morgan fingerprint density at radius 3 is 2.53 bits per heavy atom. The maximum absolute atomic E-state index is 11.7. The van der Waals surface area contributed by atoms with E-state index in [1.165, 1.54) is 7.05 Å². The first-order valence-electron chi connectivity index (χ1n) is 6.30. The number of nitrogens with one attached hydrogen (secondary N) is 1. The summed E-state index contributed by atoms with van der Waals surface area (Å²) in [5, 5.41) is 2.80. The molecular weight excluding hydrogens is 270 g/mol. The molecule has 0 saturated carbocycles. The molecule has 8 heteroatoms. The molecule has 0 aliphatic carbocycles. The van der Waals surface area contributed by atoms with E-state index in [0.29, 0.717) is 0 Å². The second-order valence-electron chi connectivity index (χ2n) is 4.90. The Hall–Kier alpha value is -0.700. The molecule has 0 aromatic rings.